The van der Waals surface area contributed by atoms with Gasteiger partial charge < -0.3 is 5.11 Å². The van der Waals surface area contributed by atoms with Crippen molar-refractivity contribution in [1.82, 2.24) is 14.8 Å². The van der Waals surface area contributed by atoms with Gasteiger partial charge in [0.1, 0.15) is 5.69 Å². The van der Waals surface area contributed by atoms with Gasteiger partial charge in [-0.2, -0.15) is 5.10 Å². The molecule has 34 heavy (non-hydrogen) atoms. The molecule has 2 heterocycles. The van der Waals surface area contributed by atoms with Crippen LogP contribution in [0.2, 0.25) is 0 Å². The number of rotatable bonds is 7. The van der Waals surface area contributed by atoms with E-state index in [1.54, 1.807) is 41.5 Å². The van der Waals surface area contributed by atoms with E-state index in [0.717, 1.165) is 22.4 Å². The van der Waals surface area contributed by atoms with E-state index in [4.69, 9.17) is 0 Å². The molecule has 0 saturated carbocycles. The number of aromatic nitrogens is 3. The molecule has 7 heteroatoms. The van der Waals surface area contributed by atoms with Crippen molar-refractivity contribution in [3.63, 3.8) is 0 Å². The second-order valence-corrected chi connectivity index (χ2v) is 8.49. The first-order valence-electron chi connectivity index (χ1n) is 11.1. The van der Waals surface area contributed by atoms with Gasteiger partial charge in [-0.15, -0.1) is 0 Å². The van der Waals surface area contributed by atoms with Crippen LogP contribution >= 0.6 is 0 Å². The lowest BCUT2D eigenvalue weighted by molar-refractivity contribution is 0.201. The van der Waals surface area contributed by atoms with Crippen molar-refractivity contribution in [2.75, 3.05) is 11.4 Å². The topological polar surface area (TPSA) is 88.3 Å². The summed E-state index contributed by atoms with van der Waals surface area (Å²) in [4.78, 5) is 29.6. The fraction of sp³-hybridized carbons (Fsp3) is 0.185. The first-order chi connectivity index (χ1) is 16.4. The summed E-state index contributed by atoms with van der Waals surface area (Å²) in [7, 11) is 0. The van der Waals surface area contributed by atoms with Crippen molar-refractivity contribution in [3.8, 4) is 16.8 Å². The third kappa shape index (κ3) is 5.38. The molecule has 2 aromatic heterocycles. The maximum Gasteiger partial charge on any atom is 0.411 e. The highest BCUT2D eigenvalue weighted by Gasteiger charge is 2.16. The Bertz CT molecular complexity index is 1330. The minimum Gasteiger partial charge on any atom is -0.465 e. The molecule has 0 aliphatic carbocycles. The van der Waals surface area contributed by atoms with Crippen LogP contribution in [0, 0.1) is 5.92 Å². The van der Waals surface area contributed by atoms with E-state index in [1.807, 2.05) is 56.3 Å². The summed E-state index contributed by atoms with van der Waals surface area (Å²) >= 11 is 0. The fourth-order valence-corrected chi connectivity index (χ4v) is 3.75. The van der Waals surface area contributed by atoms with Crippen molar-refractivity contribution < 1.29 is 9.90 Å². The summed E-state index contributed by atoms with van der Waals surface area (Å²) in [6.45, 7) is 4.34. The van der Waals surface area contributed by atoms with Gasteiger partial charge in [-0.05, 0) is 59.0 Å². The Balaban J connectivity index is 1.59. The lowest BCUT2D eigenvalue weighted by atomic mass is 10.1. The molecule has 0 radical (unpaired) electrons. The molecule has 0 unspecified atom stereocenters. The molecule has 4 aromatic rings. The van der Waals surface area contributed by atoms with Crippen LogP contribution < -0.4 is 10.3 Å². The van der Waals surface area contributed by atoms with Crippen molar-refractivity contribution in [1.29, 1.82) is 0 Å². The molecular formula is C27H26N4O3. The Morgan fingerprint density at radius 3 is 2.38 bits per heavy atom. The van der Waals surface area contributed by atoms with Gasteiger partial charge in [-0.3, -0.25) is 14.7 Å². The van der Waals surface area contributed by atoms with E-state index in [2.05, 4.69) is 10.1 Å². The molecule has 0 fully saturated rings. The number of hydrogen-bond acceptors (Lipinski definition) is 4. The molecule has 172 valence electrons. The molecule has 2 aromatic carbocycles. The van der Waals surface area contributed by atoms with Crippen molar-refractivity contribution in [3.05, 3.63) is 107 Å². The summed E-state index contributed by atoms with van der Waals surface area (Å²) in [6, 6.07) is 20.6. The van der Waals surface area contributed by atoms with E-state index >= 15 is 0 Å². The zero-order valence-corrected chi connectivity index (χ0v) is 19.1. The van der Waals surface area contributed by atoms with Crippen molar-refractivity contribution in [2.24, 2.45) is 5.92 Å². The average Bonchev–Trinajstić information content (AvgIpc) is 2.84. The molecule has 1 amide bonds. The summed E-state index contributed by atoms with van der Waals surface area (Å²) in [5, 5.41) is 14.2. The van der Waals surface area contributed by atoms with Crippen LogP contribution in [0.3, 0.4) is 0 Å². The molecule has 0 atom stereocenters. The SMILES string of the molecule is CC(C)CN(C(=O)O)c1cccc(Cc2nn(-c3ccc(-c4ccncc4)cc3)ccc2=O)c1. The van der Waals surface area contributed by atoms with Crippen LogP contribution in [-0.4, -0.2) is 32.5 Å². The van der Waals surface area contributed by atoms with Gasteiger partial charge in [-0.25, -0.2) is 9.48 Å². The summed E-state index contributed by atoms with van der Waals surface area (Å²) in [5.74, 6) is 0.188. The number of benzene rings is 2. The van der Waals surface area contributed by atoms with Gasteiger partial charge in [0.05, 0.1) is 5.69 Å². The molecular weight excluding hydrogens is 428 g/mol. The number of pyridine rings is 1. The predicted molar refractivity (Wildman–Crippen MR) is 133 cm³/mol. The molecule has 1 N–H and O–H groups in total. The Kier molecular flexibility index (Phi) is 6.82. The highest BCUT2D eigenvalue weighted by molar-refractivity contribution is 5.86. The van der Waals surface area contributed by atoms with E-state index in [0.29, 0.717) is 24.3 Å². The molecule has 0 aliphatic rings. The minimum absolute atomic E-state index is 0.160. The van der Waals surface area contributed by atoms with Gasteiger partial charge in [0.15, 0.2) is 0 Å². The third-order valence-corrected chi connectivity index (χ3v) is 5.40. The lowest BCUT2D eigenvalue weighted by Gasteiger charge is -2.22. The third-order valence-electron chi connectivity index (χ3n) is 5.40. The van der Waals surface area contributed by atoms with Crippen LogP contribution in [0.15, 0.2) is 90.1 Å². The molecule has 4 rings (SSSR count). The number of amides is 1. The Hall–Kier alpha value is -4.26. The quantitative estimate of drug-likeness (QED) is 0.423. The molecule has 7 nitrogen and oxygen atoms in total. The first-order valence-corrected chi connectivity index (χ1v) is 11.1. The lowest BCUT2D eigenvalue weighted by Crippen LogP contribution is -2.32. The monoisotopic (exact) mass is 454 g/mol. The number of nitrogens with zero attached hydrogens (tertiary/aromatic N) is 4. The Labute approximate surface area is 198 Å². The van der Waals surface area contributed by atoms with Gasteiger partial charge in [0.2, 0.25) is 5.43 Å². The zero-order valence-electron chi connectivity index (χ0n) is 19.1. The molecule has 0 saturated heterocycles. The van der Waals surface area contributed by atoms with Crippen molar-refractivity contribution in [2.45, 2.75) is 20.3 Å². The Morgan fingerprint density at radius 1 is 1.00 bits per heavy atom. The van der Waals surface area contributed by atoms with Crippen LogP contribution in [-0.2, 0) is 6.42 Å². The smallest absolute Gasteiger partial charge is 0.411 e. The van der Waals surface area contributed by atoms with Crippen LogP contribution in [0.25, 0.3) is 16.8 Å². The number of carbonyl (C=O) groups is 1. The van der Waals surface area contributed by atoms with E-state index in [9.17, 15) is 14.7 Å². The maximum atomic E-state index is 12.5. The summed E-state index contributed by atoms with van der Waals surface area (Å²) in [5.41, 5.74) is 4.61. The zero-order chi connectivity index (χ0) is 24.1. The largest absolute Gasteiger partial charge is 0.465 e. The van der Waals surface area contributed by atoms with E-state index in [-0.39, 0.29) is 11.3 Å². The van der Waals surface area contributed by atoms with Crippen molar-refractivity contribution >= 4 is 11.8 Å². The van der Waals surface area contributed by atoms with Gasteiger partial charge >= 0.3 is 6.09 Å². The summed E-state index contributed by atoms with van der Waals surface area (Å²) < 4.78 is 1.68. The molecule has 0 spiro atoms. The number of carboxylic acid groups (broad SMARTS) is 1. The second kappa shape index (κ2) is 10.1. The maximum absolute atomic E-state index is 12.5. The minimum atomic E-state index is -0.999. The van der Waals surface area contributed by atoms with Crippen LogP contribution in [0.4, 0.5) is 10.5 Å². The number of hydrogen-bond donors (Lipinski definition) is 1. The second-order valence-electron chi connectivity index (χ2n) is 8.49. The van der Waals surface area contributed by atoms with Gasteiger partial charge in [0, 0.05) is 43.3 Å². The van der Waals surface area contributed by atoms with E-state index < -0.39 is 6.09 Å². The van der Waals surface area contributed by atoms with Crippen LogP contribution in [0.5, 0.6) is 0 Å². The summed E-state index contributed by atoms with van der Waals surface area (Å²) in [6.07, 6.45) is 4.47. The molecule has 0 bridgehead atoms. The fourth-order valence-electron chi connectivity index (χ4n) is 3.75. The standard InChI is InChI=1S/C27H26N4O3/c1-19(2)18-30(27(33)34)24-5-3-4-20(16-24)17-25-26(32)12-15-31(29-25)23-8-6-21(7-9-23)22-10-13-28-14-11-22/h3-16,19H,17-18H2,1-2H3,(H,33,34). The predicted octanol–water partition coefficient (Wildman–Crippen LogP) is 5.03. The molecule has 0 aliphatic heterocycles. The van der Waals surface area contributed by atoms with E-state index in [1.165, 1.54) is 11.0 Å². The first kappa shape index (κ1) is 22.9. The van der Waals surface area contributed by atoms with Gasteiger partial charge in [0.25, 0.3) is 0 Å². The van der Waals surface area contributed by atoms with Crippen LogP contribution in [0.1, 0.15) is 25.1 Å². The van der Waals surface area contributed by atoms with Gasteiger partial charge in [-0.1, -0.05) is 38.1 Å². The highest BCUT2D eigenvalue weighted by Crippen LogP contribution is 2.21. The number of anilines is 1. The normalized spacial score (nSPS) is 10.9. The highest BCUT2D eigenvalue weighted by atomic mass is 16.4. The Morgan fingerprint density at radius 2 is 1.71 bits per heavy atom. The average molecular weight is 455 g/mol.